The Morgan fingerprint density at radius 3 is 2.61 bits per heavy atom. The molecular formula is C20H19N3. The second-order valence-electron chi connectivity index (χ2n) is 6.16. The Kier molecular flexibility index (Phi) is 3.34. The summed E-state index contributed by atoms with van der Waals surface area (Å²) < 4.78 is 0. The van der Waals surface area contributed by atoms with Crippen molar-refractivity contribution < 1.29 is 0 Å². The summed E-state index contributed by atoms with van der Waals surface area (Å²) in [4.78, 5) is 11.6. The first-order chi connectivity index (χ1) is 11.2. The Bertz CT molecular complexity index is 840. The number of fused-ring (bicyclic) bond motifs is 1. The van der Waals surface area contributed by atoms with Crippen molar-refractivity contribution in [2.24, 2.45) is 0 Å². The molecule has 0 N–H and O–H groups in total. The maximum atomic E-state index is 4.82. The fourth-order valence-electron chi connectivity index (χ4n) is 3.22. The van der Waals surface area contributed by atoms with Crippen LogP contribution in [0.2, 0.25) is 0 Å². The van der Waals surface area contributed by atoms with Crippen LogP contribution in [0.1, 0.15) is 18.1 Å². The quantitative estimate of drug-likeness (QED) is 0.696. The summed E-state index contributed by atoms with van der Waals surface area (Å²) in [6, 6.07) is 19.3. The molecule has 0 amide bonds. The van der Waals surface area contributed by atoms with E-state index in [2.05, 4.69) is 72.3 Å². The minimum atomic E-state index is 0.376. The van der Waals surface area contributed by atoms with Crippen LogP contribution in [0, 0.1) is 6.92 Å². The van der Waals surface area contributed by atoms with E-state index in [1.807, 2.05) is 12.3 Å². The zero-order chi connectivity index (χ0) is 15.8. The molecule has 1 aliphatic heterocycles. The van der Waals surface area contributed by atoms with Crippen LogP contribution in [0.4, 0.5) is 11.6 Å². The van der Waals surface area contributed by atoms with Gasteiger partial charge in [0.05, 0.1) is 5.69 Å². The van der Waals surface area contributed by atoms with Crippen molar-refractivity contribution in [1.82, 2.24) is 9.97 Å². The molecule has 0 radical (unpaired) electrons. The molecule has 1 atom stereocenters. The van der Waals surface area contributed by atoms with Crippen molar-refractivity contribution in [2.45, 2.75) is 26.3 Å². The number of hydrogen-bond donors (Lipinski definition) is 0. The fraction of sp³-hybridized carbons (Fsp3) is 0.200. The van der Waals surface area contributed by atoms with E-state index in [0.717, 1.165) is 23.6 Å². The van der Waals surface area contributed by atoms with E-state index in [0.29, 0.717) is 6.04 Å². The Hall–Kier alpha value is -2.68. The lowest BCUT2D eigenvalue weighted by Crippen LogP contribution is -2.25. The van der Waals surface area contributed by atoms with Crippen LogP contribution < -0.4 is 4.90 Å². The van der Waals surface area contributed by atoms with Gasteiger partial charge < -0.3 is 4.90 Å². The molecule has 3 heteroatoms. The summed E-state index contributed by atoms with van der Waals surface area (Å²) in [5, 5.41) is 0. The molecule has 2 heterocycles. The van der Waals surface area contributed by atoms with Gasteiger partial charge in [-0.1, -0.05) is 48.0 Å². The third kappa shape index (κ3) is 2.48. The van der Waals surface area contributed by atoms with Crippen molar-refractivity contribution in [3.63, 3.8) is 0 Å². The molecule has 0 bridgehead atoms. The van der Waals surface area contributed by atoms with Gasteiger partial charge in [-0.25, -0.2) is 9.97 Å². The van der Waals surface area contributed by atoms with Crippen LogP contribution in [-0.2, 0) is 6.42 Å². The zero-order valence-corrected chi connectivity index (χ0v) is 13.4. The number of aromatic nitrogens is 2. The molecule has 4 rings (SSSR count). The number of rotatable bonds is 2. The van der Waals surface area contributed by atoms with E-state index in [1.54, 1.807) is 0 Å². The second kappa shape index (κ2) is 5.51. The van der Waals surface area contributed by atoms with Crippen LogP contribution in [0.25, 0.3) is 11.3 Å². The van der Waals surface area contributed by atoms with Gasteiger partial charge in [-0.2, -0.15) is 0 Å². The molecular weight excluding hydrogens is 282 g/mol. The van der Waals surface area contributed by atoms with Gasteiger partial charge in [0.25, 0.3) is 0 Å². The van der Waals surface area contributed by atoms with Gasteiger partial charge in [-0.05, 0) is 38.0 Å². The summed E-state index contributed by atoms with van der Waals surface area (Å²) in [7, 11) is 0. The summed E-state index contributed by atoms with van der Waals surface area (Å²) in [5.74, 6) is 0.778. The summed E-state index contributed by atoms with van der Waals surface area (Å²) in [5.41, 5.74) is 5.93. The number of para-hydroxylation sites is 1. The normalized spacial score (nSPS) is 16.4. The van der Waals surface area contributed by atoms with Crippen molar-refractivity contribution in [2.75, 3.05) is 4.90 Å². The van der Waals surface area contributed by atoms with E-state index < -0.39 is 0 Å². The van der Waals surface area contributed by atoms with Crippen molar-refractivity contribution in [3.8, 4) is 11.3 Å². The largest absolute Gasteiger partial charge is 0.307 e. The van der Waals surface area contributed by atoms with E-state index in [1.165, 1.54) is 16.8 Å². The molecule has 23 heavy (non-hydrogen) atoms. The number of aryl methyl sites for hydroxylation is 1. The molecule has 3 aromatic rings. The molecule has 3 nitrogen and oxygen atoms in total. The highest BCUT2D eigenvalue weighted by Gasteiger charge is 2.28. The van der Waals surface area contributed by atoms with Gasteiger partial charge in [0.15, 0.2) is 0 Å². The first-order valence-corrected chi connectivity index (χ1v) is 7.99. The minimum absolute atomic E-state index is 0.376. The van der Waals surface area contributed by atoms with Crippen LogP contribution in [0.15, 0.2) is 60.8 Å². The van der Waals surface area contributed by atoms with Gasteiger partial charge in [-0.15, -0.1) is 0 Å². The highest BCUT2D eigenvalue weighted by molar-refractivity contribution is 5.69. The predicted molar refractivity (Wildman–Crippen MR) is 94.0 cm³/mol. The number of nitrogens with zero attached hydrogens (tertiary/aromatic N) is 3. The topological polar surface area (TPSA) is 29.0 Å². The molecule has 114 valence electrons. The average molecular weight is 301 g/mol. The van der Waals surface area contributed by atoms with Crippen LogP contribution >= 0.6 is 0 Å². The highest BCUT2D eigenvalue weighted by atomic mass is 15.3. The van der Waals surface area contributed by atoms with E-state index in [4.69, 9.17) is 4.98 Å². The van der Waals surface area contributed by atoms with Crippen LogP contribution in [0.5, 0.6) is 0 Å². The first-order valence-electron chi connectivity index (χ1n) is 7.99. The summed E-state index contributed by atoms with van der Waals surface area (Å²) in [6.45, 7) is 4.32. The molecule has 0 saturated heterocycles. The maximum Gasteiger partial charge on any atom is 0.230 e. The van der Waals surface area contributed by atoms with Crippen molar-refractivity contribution in [3.05, 3.63) is 71.9 Å². The Morgan fingerprint density at radius 1 is 1.00 bits per heavy atom. The second-order valence-corrected chi connectivity index (χ2v) is 6.16. The molecule has 0 saturated carbocycles. The van der Waals surface area contributed by atoms with Gasteiger partial charge in [0.1, 0.15) is 0 Å². The van der Waals surface area contributed by atoms with E-state index >= 15 is 0 Å². The lowest BCUT2D eigenvalue weighted by Gasteiger charge is -2.22. The average Bonchev–Trinajstić information content (AvgIpc) is 2.91. The van der Waals surface area contributed by atoms with Crippen LogP contribution in [0.3, 0.4) is 0 Å². The highest BCUT2D eigenvalue weighted by Crippen LogP contribution is 2.36. The van der Waals surface area contributed by atoms with Gasteiger partial charge in [0.2, 0.25) is 5.95 Å². The van der Waals surface area contributed by atoms with E-state index in [9.17, 15) is 0 Å². The summed E-state index contributed by atoms with van der Waals surface area (Å²) in [6.07, 6.45) is 2.89. The molecule has 1 aliphatic rings. The smallest absolute Gasteiger partial charge is 0.230 e. The SMILES string of the molecule is Cc1ccc(-c2ccnc(N3c4ccccc4CC3C)n2)cc1. The Balaban J connectivity index is 1.76. The Morgan fingerprint density at radius 2 is 1.78 bits per heavy atom. The molecule has 1 aromatic heterocycles. The molecule has 0 fully saturated rings. The first kappa shape index (κ1) is 13.9. The molecule has 1 unspecified atom stereocenters. The lowest BCUT2D eigenvalue weighted by atomic mass is 10.1. The number of hydrogen-bond acceptors (Lipinski definition) is 3. The monoisotopic (exact) mass is 301 g/mol. The maximum absolute atomic E-state index is 4.82. The molecule has 2 aromatic carbocycles. The fourth-order valence-corrected chi connectivity index (χ4v) is 3.22. The number of benzene rings is 2. The van der Waals surface area contributed by atoms with Gasteiger partial charge in [0, 0.05) is 23.5 Å². The Labute approximate surface area is 136 Å². The zero-order valence-electron chi connectivity index (χ0n) is 13.4. The molecule has 0 aliphatic carbocycles. The summed E-state index contributed by atoms with van der Waals surface area (Å²) >= 11 is 0. The standard InChI is InChI=1S/C20H19N3/c1-14-7-9-16(10-8-14)18-11-12-21-20(22-18)23-15(2)13-17-5-3-4-6-19(17)23/h3-12,15H,13H2,1-2H3. The molecule has 0 spiro atoms. The number of anilines is 2. The predicted octanol–water partition coefficient (Wildman–Crippen LogP) is 4.53. The van der Waals surface area contributed by atoms with E-state index in [-0.39, 0.29) is 0 Å². The van der Waals surface area contributed by atoms with Crippen molar-refractivity contribution in [1.29, 1.82) is 0 Å². The van der Waals surface area contributed by atoms with Gasteiger partial charge in [-0.3, -0.25) is 0 Å². The van der Waals surface area contributed by atoms with Crippen molar-refractivity contribution >= 4 is 11.6 Å². The lowest BCUT2D eigenvalue weighted by molar-refractivity contribution is 0.740. The third-order valence-corrected chi connectivity index (χ3v) is 4.41. The van der Waals surface area contributed by atoms with Crippen LogP contribution in [-0.4, -0.2) is 16.0 Å². The third-order valence-electron chi connectivity index (χ3n) is 4.41. The minimum Gasteiger partial charge on any atom is -0.307 e. The van der Waals surface area contributed by atoms with Gasteiger partial charge >= 0.3 is 0 Å².